The van der Waals surface area contributed by atoms with Crippen LogP contribution in [0.1, 0.15) is 18.5 Å². The molecule has 0 amide bonds. The Labute approximate surface area is 157 Å². The lowest BCUT2D eigenvalue weighted by atomic mass is 10.1. The van der Waals surface area contributed by atoms with Gasteiger partial charge in [-0.2, -0.15) is 5.10 Å². The Bertz CT molecular complexity index is 1000. The molecule has 1 aromatic heterocycles. The molecule has 8 nitrogen and oxygen atoms in total. The summed E-state index contributed by atoms with van der Waals surface area (Å²) >= 11 is 0. The van der Waals surface area contributed by atoms with E-state index in [9.17, 15) is 8.42 Å². The van der Waals surface area contributed by atoms with Crippen LogP contribution in [-0.2, 0) is 10.0 Å². The molecule has 3 aromatic rings. The van der Waals surface area contributed by atoms with Crippen molar-refractivity contribution >= 4 is 10.0 Å². The van der Waals surface area contributed by atoms with Crippen LogP contribution in [0.5, 0.6) is 11.5 Å². The summed E-state index contributed by atoms with van der Waals surface area (Å²) in [6.45, 7) is 1.78. The minimum atomic E-state index is -3.73. The third kappa shape index (κ3) is 4.09. The number of sulfonamides is 1. The Morgan fingerprint density at radius 1 is 1.04 bits per heavy atom. The van der Waals surface area contributed by atoms with Gasteiger partial charge in [0.2, 0.25) is 10.0 Å². The van der Waals surface area contributed by atoms with Crippen molar-refractivity contribution in [3.8, 4) is 17.2 Å². The molecule has 1 N–H and O–H groups in total. The van der Waals surface area contributed by atoms with Gasteiger partial charge >= 0.3 is 0 Å². The molecule has 0 aliphatic carbocycles. The molecular weight excluding hydrogens is 368 g/mol. The molecule has 3 rings (SSSR count). The number of hydrogen-bond acceptors (Lipinski definition) is 6. The van der Waals surface area contributed by atoms with Crippen molar-refractivity contribution in [2.24, 2.45) is 0 Å². The molecule has 0 saturated carbocycles. The molecule has 9 heteroatoms. The Hall–Kier alpha value is -2.91. The second-order valence-electron chi connectivity index (χ2n) is 5.79. The molecule has 1 atom stereocenters. The first-order valence-corrected chi connectivity index (χ1v) is 9.62. The van der Waals surface area contributed by atoms with E-state index >= 15 is 0 Å². The van der Waals surface area contributed by atoms with Gasteiger partial charge in [-0.25, -0.2) is 22.8 Å². The standard InChI is InChI=1S/C18H20N4O4S/c1-13(14-4-6-15(7-5-14)22-12-19-11-20-22)21-27(23,24)16-8-9-17(25-2)18(10-16)26-3/h4-13,21H,1-3H3/t13-/m1/s1. The number of rotatable bonds is 7. The van der Waals surface area contributed by atoms with Crippen molar-refractivity contribution in [2.45, 2.75) is 17.9 Å². The molecule has 0 aliphatic heterocycles. The zero-order chi connectivity index (χ0) is 19.4. The first-order valence-electron chi connectivity index (χ1n) is 8.14. The summed E-state index contributed by atoms with van der Waals surface area (Å²) in [5.74, 6) is 0.818. The molecular formula is C18H20N4O4S. The summed E-state index contributed by atoms with van der Waals surface area (Å²) in [5, 5.41) is 4.06. The lowest BCUT2D eigenvalue weighted by Gasteiger charge is -2.16. The zero-order valence-corrected chi connectivity index (χ0v) is 16.0. The maximum Gasteiger partial charge on any atom is 0.241 e. The SMILES string of the molecule is COc1ccc(S(=O)(=O)N[C@H](C)c2ccc(-n3cncn3)cc2)cc1OC. The van der Waals surface area contributed by atoms with Crippen molar-refractivity contribution in [2.75, 3.05) is 14.2 Å². The molecule has 0 radical (unpaired) electrons. The highest BCUT2D eigenvalue weighted by molar-refractivity contribution is 7.89. The number of ether oxygens (including phenoxy) is 2. The largest absolute Gasteiger partial charge is 0.493 e. The second-order valence-corrected chi connectivity index (χ2v) is 7.51. The summed E-state index contributed by atoms with van der Waals surface area (Å²) < 4.78 is 40.0. The summed E-state index contributed by atoms with van der Waals surface area (Å²) in [7, 11) is -0.777. The summed E-state index contributed by atoms with van der Waals surface area (Å²) in [6, 6.07) is 11.4. The molecule has 27 heavy (non-hydrogen) atoms. The quantitative estimate of drug-likeness (QED) is 0.667. The molecule has 0 spiro atoms. The van der Waals surface area contributed by atoms with Crippen molar-refractivity contribution in [3.05, 3.63) is 60.7 Å². The lowest BCUT2D eigenvalue weighted by Crippen LogP contribution is -2.27. The first kappa shape index (κ1) is 18.9. The van der Waals surface area contributed by atoms with Gasteiger partial charge in [-0.05, 0) is 36.8 Å². The number of hydrogen-bond donors (Lipinski definition) is 1. The smallest absolute Gasteiger partial charge is 0.241 e. The van der Waals surface area contributed by atoms with E-state index in [2.05, 4.69) is 14.8 Å². The van der Waals surface area contributed by atoms with Gasteiger partial charge in [0.1, 0.15) is 12.7 Å². The maximum absolute atomic E-state index is 12.7. The number of benzene rings is 2. The van der Waals surface area contributed by atoms with E-state index in [0.29, 0.717) is 11.5 Å². The van der Waals surface area contributed by atoms with E-state index in [4.69, 9.17) is 9.47 Å². The van der Waals surface area contributed by atoms with Gasteiger partial charge in [0.25, 0.3) is 0 Å². The fraction of sp³-hybridized carbons (Fsp3) is 0.222. The fourth-order valence-electron chi connectivity index (χ4n) is 2.61. The number of nitrogens with one attached hydrogen (secondary N) is 1. The Balaban J connectivity index is 1.79. The van der Waals surface area contributed by atoms with Crippen molar-refractivity contribution < 1.29 is 17.9 Å². The van der Waals surface area contributed by atoms with Crippen LogP contribution in [0.15, 0.2) is 60.0 Å². The topological polar surface area (TPSA) is 95.3 Å². The Morgan fingerprint density at radius 3 is 2.33 bits per heavy atom. The highest BCUT2D eigenvalue weighted by Gasteiger charge is 2.20. The van der Waals surface area contributed by atoms with E-state index in [-0.39, 0.29) is 4.90 Å². The van der Waals surface area contributed by atoms with Crippen molar-refractivity contribution in [3.63, 3.8) is 0 Å². The van der Waals surface area contributed by atoms with Crippen LogP contribution in [0.2, 0.25) is 0 Å². The van der Waals surface area contributed by atoms with Gasteiger partial charge in [0.15, 0.2) is 11.5 Å². The Morgan fingerprint density at radius 2 is 1.74 bits per heavy atom. The predicted molar refractivity (Wildman–Crippen MR) is 99.6 cm³/mol. The van der Waals surface area contributed by atoms with E-state index in [1.54, 1.807) is 24.0 Å². The number of methoxy groups -OCH3 is 2. The highest BCUT2D eigenvalue weighted by atomic mass is 32.2. The van der Waals surface area contributed by atoms with E-state index in [1.165, 1.54) is 32.7 Å². The lowest BCUT2D eigenvalue weighted by molar-refractivity contribution is 0.354. The molecule has 0 bridgehead atoms. The Kier molecular flexibility index (Phi) is 5.43. The summed E-state index contributed by atoms with van der Waals surface area (Å²) in [6.07, 6.45) is 3.05. The van der Waals surface area contributed by atoms with Gasteiger partial charge in [-0.15, -0.1) is 0 Å². The van der Waals surface area contributed by atoms with Gasteiger partial charge in [0, 0.05) is 12.1 Å². The van der Waals surface area contributed by atoms with Crippen LogP contribution < -0.4 is 14.2 Å². The molecule has 142 valence electrons. The summed E-state index contributed by atoms with van der Waals surface area (Å²) in [4.78, 5) is 4.01. The zero-order valence-electron chi connectivity index (χ0n) is 15.2. The number of nitrogens with zero attached hydrogens (tertiary/aromatic N) is 3. The fourth-order valence-corrected chi connectivity index (χ4v) is 3.86. The summed E-state index contributed by atoms with van der Waals surface area (Å²) in [5.41, 5.74) is 1.66. The molecule has 0 aliphatic rings. The molecule has 0 fully saturated rings. The molecule has 1 heterocycles. The average Bonchev–Trinajstić information content (AvgIpc) is 3.22. The third-order valence-electron chi connectivity index (χ3n) is 4.07. The van der Waals surface area contributed by atoms with Gasteiger partial charge in [-0.1, -0.05) is 12.1 Å². The third-order valence-corrected chi connectivity index (χ3v) is 5.61. The minimum absolute atomic E-state index is 0.103. The van der Waals surface area contributed by atoms with E-state index < -0.39 is 16.1 Å². The van der Waals surface area contributed by atoms with Crippen LogP contribution >= 0.6 is 0 Å². The van der Waals surface area contributed by atoms with Gasteiger partial charge < -0.3 is 9.47 Å². The molecule has 0 saturated heterocycles. The highest BCUT2D eigenvalue weighted by Crippen LogP contribution is 2.30. The van der Waals surface area contributed by atoms with E-state index in [0.717, 1.165) is 11.3 Å². The normalized spacial score (nSPS) is 12.6. The van der Waals surface area contributed by atoms with Crippen LogP contribution in [0.4, 0.5) is 0 Å². The maximum atomic E-state index is 12.7. The van der Waals surface area contributed by atoms with Crippen LogP contribution in [0.25, 0.3) is 5.69 Å². The monoisotopic (exact) mass is 388 g/mol. The van der Waals surface area contributed by atoms with Crippen LogP contribution in [0, 0.1) is 0 Å². The number of aromatic nitrogens is 3. The van der Waals surface area contributed by atoms with Crippen molar-refractivity contribution in [1.82, 2.24) is 19.5 Å². The second kappa shape index (κ2) is 7.77. The molecule has 2 aromatic carbocycles. The van der Waals surface area contributed by atoms with Crippen LogP contribution in [0.3, 0.4) is 0 Å². The van der Waals surface area contributed by atoms with Gasteiger partial charge in [0.05, 0.1) is 24.8 Å². The predicted octanol–water partition coefficient (Wildman–Crippen LogP) is 2.32. The average molecular weight is 388 g/mol. The molecule has 0 unspecified atom stereocenters. The first-order chi connectivity index (χ1) is 12.9. The van der Waals surface area contributed by atoms with Crippen molar-refractivity contribution in [1.29, 1.82) is 0 Å². The van der Waals surface area contributed by atoms with Gasteiger partial charge in [-0.3, -0.25) is 0 Å². The minimum Gasteiger partial charge on any atom is -0.493 e. The van der Waals surface area contributed by atoms with E-state index in [1.807, 2.05) is 24.3 Å². The van der Waals surface area contributed by atoms with Crippen LogP contribution in [-0.4, -0.2) is 37.4 Å².